The van der Waals surface area contributed by atoms with E-state index < -0.39 is 0 Å². The third kappa shape index (κ3) is 0.886. The summed E-state index contributed by atoms with van der Waals surface area (Å²) in [6, 6.07) is 0. The molecule has 0 amide bonds. The molecule has 0 aliphatic carbocycles. The van der Waals surface area contributed by atoms with Gasteiger partial charge < -0.3 is 4.42 Å². The molecule has 0 saturated heterocycles. The Labute approximate surface area is 68.0 Å². The van der Waals surface area contributed by atoms with E-state index in [-0.39, 0.29) is 0 Å². The maximum absolute atomic E-state index is 5.76. The summed E-state index contributed by atoms with van der Waals surface area (Å²) in [7, 11) is 0. The first-order chi connectivity index (χ1) is 5.29. The van der Waals surface area contributed by atoms with Crippen molar-refractivity contribution in [1.29, 1.82) is 0 Å². The smallest absolute Gasteiger partial charge is 0.175 e. The molecule has 0 aliphatic rings. The van der Waals surface area contributed by atoms with Gasteiger partial charge in [0, 0.05) is 0 Å². The summed E-state index contributed by atoms with van der Waals surface area (Å²) < 4.78 is 5.12. The third-order valence-corrected chi connectivity index (χ3v) is 1.76. The van der Waals surface area contributed by atoms with Crippen molar-refractivity contribution >= 4 is 22.7 Å². The number of hydrogen-bond acceptors (Lipinski definition) is 3. The Morgan fingerprint density at radius 3 is 3.00 bits per heavy atom. The number of furan rings is 1. The third-order valence-electron chi connectivity index (χ3n) is 1.49. The molecule has 2 aromatic heterocycles. The van der Waals surface area contributed by atoms with Gasteiger partial charge in [0.2, 0.25) is 0 Å². The van der Waals surface area contributed by atoms with Crippen LogP contribution in [-0.2, 0) is 0 Å². The number of hydrogen-bond donors (Lipinski definition) is 0. The average molecular weight is 169 g/mol. The SMILES string of the molecule is Cc1ncnc2c(Cl)coc12. The minimum Gasteiger partial charge on any atom is -0.459 e. The van der Waals surface area contributed by atoms with E-state index in [0.29, 0.717) is 16.1 Å². The van der Waals surface area contributed by atoms with Gasteiger partial charge in [0.25, 0.3) is 0 Å². The van der Waals surface area contributed by atoms with Crippen LogP contribution < -0.4 is 0 Å². The van der Waals surface area contributed by atoms with Crippen LogP contribution in [0.25, 0.3) is 11.1 Å². The van der Waals surface area contributed by atoms with Crippen LogP contribution in [0.3, 0.4) is 0 Å². The lowest BCUT2D eigenvalue weighted by Gasteiger charge is -1.89. The molecule has 0 spiro atoms. The molecule has 0 fully saturated rings. The van der Waals surface area contributed by atoms with Gasteiger partial charge in [-0.3, -0.25) is 0 Å². The maximum Gasteiger partial charge on any atom is 0.175 e. The van der Waals surface area contributed by atoms with E-state index in [0.717, 1.165) is 5.69 Å². The Kier molecular flexibility index (Phi) is 1.32. The number of aromatic nitrogens is 2. The van der Waals surface area contributed by atoms with Crippen molar-refractivity contribution in [2.45, 2.75) is 6.92 Å². The molecule has 0 atom stereocenters. The second-order valence-corrected chi connectivity index (χ2v) is 2.63. The van der Waals surface area contributed by atoms with E-state index in [1.54, 1.807) is 0 Å². The Morgan fingerprint density at radius 2 is 2.27 bits per heavy atom. The molecular formula is C7H5ClN2O. The van der Waals surface area contributed by atoms with Gasteiger partial charge in [-0.25, -0.2) is 9.97 Å². The summed E-state index contributed by atoms with van der Waals surface area (Å²) >= 11 is 5.76. The van der Waals surface area contributed by atoms with E-state index in [9.17, 15) is 0 Å². The van der Waals surface area contributed by atoms with Gasteiger partial charge in [-0.15, -0.1) is 0 Å². The van der Waals surface area contributed by atoms with Crippen molar-refractivity contribution in [1.82, 2.24) is 9.97 Å². The van der Waals surface area contributed by atoms with Crippen LogP contribution in [0.2, 0.25) is 5.02 Å². The predicted molar refractivity (Wildman–Crippen MR) is 41.6 cm³/mol. The molecule has 0 radical (unpaired) electrons. The number of halogens is 1. The van der Waals surface area contributed by atoms with Crippen molar-refractivity contribution in [3.8, 4) is 0 Å². The summed E-state index contributed by atoms with van der Waals surface area (Å²) in [6.45, 7) is 1.85. The standard InChI is InChI=1S/C7H5ClN2O/c1-4-7-6(10-3-9-4)5(8)2-11-7/h2-3H,1H3. The van der Waals surface area contributed by atoms with Gasteiger partial charge in [-0.05, 0) is 6.92 Å². The highest BCUT2D eigenvalue weighted by molar-refractivity contribution is 6.34. The second-order valence-electron chi connectivity index (χ2n) is 2.22. The maximum atomic E-state index is 5.76. The van der Waals surface area contributed by atoms with Crippen molar-refractivity contribution in [2.24, 2.45) is 0 Å². The molecule has 0 N–H and O–H groups in total. The van der Waals surface area contributed by atoms with Crippen LogP contribution >= 0.6 is 11.6 Å². The average Bonchev–Trinajstić information content (AvgIpc) is 2.35. The lowest BCUT2D eigenvalue weighted by atomic mass is 10.4. The van der Waals surface area contributed by atoms with E-state index in [1.807, 2.05) is 6.92 Å². The zero-order chi connectivity index (χ0) is 7.84. The van der Waals surface area contributed by atoms with Gasteiger partial charge in [0.05, 0.1) is 5.69 Å². The van der Waals surface area contributed by atoms with Gasteiger partial charge in [-0.1, -0.05) is 11.6 Å². The monoisotopic (exact) mass is 168 g/mol. The molecular weight excluding hydrogens is 164 g/mol. The molecule has 0 aromatic carbocycles. The van der Waals surface area contributed by atoms with Crippen molar-refractivity contribution < 1.29 is 4.42 Å². The fourth-order valence-electron chi connectivity index (χ4n) is 0.940. The first kappa shape index (κ1) is 6.61. The summed E-state index contributed by atoms with van der Waals surface area (Å²) in [6.07, 6.45) is 2.94. The highest BCUT2D eigenvalue weighted by atomic mass is 35.5. The van der Waals surface area contributed by atoms with E-state index in [2.05, 4.69) is 9.97 Å². The molecule has 0 bridgehead atoms. The zero-order valence-electron chi connectivity index (χ0n) is 5.84. The molecule has 0 saturated carbocycles. The van der Waals surface area contributed by atoms with Crippen LogP contribution in [0.1, 0.15) is 5.69 Å². The van der Waals surface area contributed by atoms with Crippen LogP contribution in [0.5, 0.6) is 0 Å². The van der Waals surface area contributed by atoms with E-state index in [4.69, 9.17) is 16.0 Å². The largest absolute Gasteiger partial charge is 0.459 e. The topological polar surface area (TPSA) is 38.9 Å². The Hall–Kier alpha value is -1.09. The van der Waals surface area contributed by atoms with E-state index in [1.165, 1.54) is 12.6 Å². The molecule has 11 heavy (non-hydrogen) atoms. The minimum atomic E-state index is 0.533. The molecule has 3 nitrogen and oxygen atoms in total. The molecule has 2 heterocycles. The summed E-state index contributed by atoms with van der Waals surface area (Å²) in [5.41, 5.74) is 2.15. The lowest BCUT2D eigenvalue weighted by molar-refractivity contribution is 0.610. The van der Waals surface area contributed by atoms with Crippen LogP contribution in [0.4, 0.5) is 0 Å². The van der Waals surface area contributed by atoms with Crippen molar-refractivity contribution in [3.05, 3.63) is 23.3 Å². The van der Waals surface area contributed by atoms with Gasteiger partial charge >= 0.3 is 0 Å². The zero-order valence-corrected chi connectivity index (χ0v) is 6.59. The second kappa shape index (κ2) is 2.20. The highest BCUT2D eigenvalue weighted by Gasteiger charge is 2.06. The molecule has 4 heteroatoms. The number of aryl methyl sites for hydroxylation is 1. The van der Waals surface area contributed by atoms with Crippen LogP contribution in [0, 0.1) is 6.92 Å². The first-order valence-corrected chi connectivity index (χ1v) is 3.51. The van der Waals surface area contributed by atoms with Crippen LogP contribution in [-0.4, -0.2) is 9.97 Å². The summed E-state index contributed by atoms with van der Waals surface area (Å²) in [5, 5.41) is 0.533. The predicted octanol–water partition coefficient (Wildman–Crippen LogP) is 2.18. The fraction of sp³-hybridized carbons (Fsp3) is 0.143. The number of nitrogens with zero attached hydrogens (tertiary/aromatic N) is 2. The highest BCUT2D eigenvalue weighted by Crippen LogP contribution is 2.23. The summed E-state index contributed by atoms with van der Waals surface area (Å²) in [4.78, 5) is 7.92. The van der Waals surface area contributed by atoms with Gasteiger partial charge in [0.1, 0.15) is 23.1 Å². The first-order valence-electron chi connectivity index (χ1n) is 3.13. The fourth-order valence-corrected chi connectivity index (χ4v) is 1.12. The molecule has 0 aliphatic heterocycles. The van der Waals surface area contributed by atoms with E-state index >= 15 is 0 Å². The number of rotatable bonds is 0. The lowest BCUT2D eigenvalue weighted by Crippen LogP contribution is -1.82. The van der Waals surface area contributed by atoms with Gasteiger partial charge in [0.15, 0.2) is 5.58 Å². The Bertz CT molecular complexity index is 396. The normalized spacial score (nSPS) is 10.7. The number of fused-ring (bicyclic) bond motifs is 1. The van der Waals surface area contributed by atoms with Crippen molar-refractivity contribution in [3.63, 3.8) is 0 Å². The van der Waals surface area contributed by atoms with Crippen molar-refractivity contribution in [2.75, 3.05) is 0 Å². The molecule has 2 aromatic rings. The van der Waals surface area contributed by atoms with Crippen LogP contribution in [0.15, 0.2) is 17.0 Å². The Balaban J connectivity index is 2.94. The molecule has 0 unspecified atom stereocenters. The van der Waals surface area contributed by atoms with Gasteiger partial charge in [-0.2, -0.15) is 0 Å². The molecule has 56 valence electrons. The quantitative estimate of drug-likeness (QED) is 0.605. The minimum absolute atomic E-state index is 0.533. The summed E-state index contributed by atoms with van der Waals surface area (Å²) in [5.74, 6) is 0. The Morgan fingerprint density at radius 1 is 1.45 bits per heavy atom. The molecule has 2 rings (SSSR count).